The third-order valence-corrected chi connectivity index (χ3v) is 5.23. The molecule has 25 heavy (non-hydrogen) atoms. The topological polar surface area (TPSA) is 75.3 Å². The molecule has 0 spiro atoms. The van der Waals surface area contributed by atoms with Crippen LogP contribution in [0.25, 0.3) is 0 Å². The molecular formula is C19H24N2O3S. The number of hydrogen-bond acceptors (Lipinski definition) is 3. The number of hydrogen-bond donors (Lipinski definition) is 2. The average Bonchev–Trinajstić information content (AvgIpc) is 2.57. The molecule has 0 bridgehead atoms. The van der Waals surface area contributed by atoms with E-state index in [1.807, 2.05) is 31.2 Å². The summed E-state index contributed by atoms with van der Waals surface area (Å²) in [7, 11) is -3.59. The van der Waals surface area contributed by atoms with E-state index in [0.717, 1.165) is 18.4 Å². The molecule has 6 heteroatoms. The Labute approximate surface area is 149 Å². The molecule has 5 nitrogen and oxygen atoms in total. The van der Waals surface area contributed by atoms with Crippen molar-refractivity contribution in [3.63, 3.8) is 0 Å². The van der Waals surface area contributed by atoms with E-state index in [-0.39, 0.29) is 23.8 Å². The summed E-state index contributed by atoms with van der Waals surface area (Å²) in [4.78, 5) is 12.1. The van der Waals surface area contributed by atoms with Gasteiger partial charge in [-0.05, 0) is 43.2 Å². The SMILES string of the molecule is CCCc1ccc(NC(=O)CCNS(=O)(=O)c2ccc(C)cc2)cc1. The Bertz CT molecular complexity index is 798. The summed E-state index contributed by atoms with van der Waals surface area (Å²) < 4.78 is 26.7. The van der Waals surface area contributed by atoms with Crippen molar-refractivity contribution in [1.29, 1.82) is 0 Å². The molecule has 0 aliphatic heterocycles. The van der Waals surface area contributed by atoms with Crippen molar-refractivity contribution < 1.29 is 13.2 Å². The first kappa shape index (κ1) is 19.1. The first-order valence-corrected chi connectivity index (χ1v) is 9.84. The van der Waals surface area contributed by atoms with E-state index in [4.69, 9.17) is 0 Å². The van der Waals surface area contributed by atoms with Crippen LogP contribution in [-0.4, -0.2) is 20.9 Å². The van der Waals surface area contributed by atoms with Gasteiger partial charge in [-0.1, -0.05) is 43.2 Å². The molecule has 0 aromatic heterocycles. The lowest BCUT2D eigenvalue weighted by molar-refractivity contribution is -0.116. The molecule has 0 radical (unpaired) electrons. The van der Waals surface area contributed by atoms with Gasteiger partial charge in [-0.15, -0.1) is 0 Å². The highest BCUT2D eigenvalue weighted by Gasteiger charge is 2.13. The van der Waals surface area contributed by atoms with Gasteiger partial charge in [-0.2, -0.15) is 0 Å². The second-order valence-electron chi connectivity index (χ2n) is 5.96. The van der Waals surface area contributed by atoms with Crippen LogP contribution in [0.3, 0.4) is 0 Å². The van der Waals surface area contributed by atoms with Gasteiger partial charge in [0.25, 0.3) is 0 Å². The first-order chi connectivity index (χ1) is 11.9. The molecular weight excluding hydrogens is 336 g/mol. The van der Waals surface area contributed by atoms with E-state index in [9.17, 15) is 13.2 Å². The van der Waals surface area contributed by atoms with E-state index in [1.54, 1.807) is 24.3 Å². The number of benzene rings is 2. The van der Waals surface area contributed by atoms with Crippen molar-refractivity contribution in [2.45, 2.75) is 38.0 Å². The molecule has 0 fully saturated rings. The summed E-state index contributed by atoms with van der Waals surface area (Å²) in [5.41, 5.74) is 2.93. The lowest BCUT2D eigenvalue weighted by Gasteiger charge is -2.08. The molecule has 2 rings (SSSR count). The maximum absolute atomic E-state index is 12.1. The van der Waals surface area contributed by atoms with Crippen molar-refractivity contribution in [2.75, 3.05) is 11.9 Å². The largest absolute Gasteiger partial charge is 0.326 e. The van der Waals surface area contributed by atoms with Crippen molar-refractivity contribution in [3.8, 4) is 0 Å². The van der Waals surface area contributed by atoms with Crippen LogP contribution in [-0.2, 0) is 21.2 Å². The van der Waals surface area contributed by atoms with Gasteiger partial charge in [-0.3, -0.25) is 4.79 Å². The number of nitrogens with one attached hydrogen (secondary N) is 2. The fraction of sp³-hybridized carbons (Fsp3) is 0.316. The van der Waals surface area contributed by atoms with Gasteiger partial charge >= 0.3 is 0 Å². The normalized spacial score (nSPS) is 11.3. The fourth-order valence-corrected chi connectivity index (χ4v) is 3.40. The molecule has 0 saturated heterocycles. The molecule has 134 valence electrons. The zero-order valence-electron chi connectivity index (χ0n) is 14.6. The summed E-state index contributed by atoms with van der Waals surface area (Å²) in [5.74, 6) is -0.227. The smallest absolute Gasteiger partial charge is 0.240 e. The molecule has 0 aliphatic carbocycles. The second-order valence-corrected chi connectivity index (χ2v) is 7.72. The van der Waals surface area contributed by atoms with Crippen LogP contribution >= 0.6 is 0 Å². The van der Waals surface area contributed by atoms with Gasteiger partial charge in [0.05, 0.1) is 4.90 Å². The molecule has 1 amide bonds. The number of carbonyl (C=O) groups is 1. The molecule has 2 N–H and O–H groups in total. The Hall–Kier alpha value is -2.18. The Morgan fingerprint density at radius 3 is 2.24 bits per heavy atom. The third kappa shape index (κ3) is 5.99. The molecule has 0 aliphatic rings. The number of aryl methyl sites for hydroxylation is 2. The summed E-state index contributed by atoms with van der Waals surface area (Å²) in [6.07, 6.45) is 2.16. The predicted molar refractivity (Wildman–Crippen MR) is 100 cm³/mol. The molecule has 0 unspecified atom stereocenters. The van der Waals surface area contributed by atoms with E-state index in [2.05, 4.69) is 17.0 Å². The van der Waals surface area contributed by atoms with E-state index < -0.39 is 10.0 Å². The average molecular weight is 360 g/mol. The van der Waals surface area contributed by atoms with Crippen LogP contribution in [0.4, 0.5) is 5.69 Å². The molecule has 2 aromatic rings. The van der Waals surface area contributed by atoms with Gasteiger partial charge < -0.3 is 5.32 Å². The van der Waals surface area contributed by atoms with E-state index in [0.29, 0.717) is 5.69 Å². The summed E-state index contributed by atoms with van der Waals surface area (Å²) in [6.45, 7) is 4.06. The Morgan fingerprint density at radius 2 is 1.64 bits per heavy atom. The number of anilines is 1. The van der Waals surface area contributed by atoms with Crippen LogP contribution in [0.1, 0.15) is 30.9 Å². The highest BCUT2D eigenvalue weighted by molar-refractivity contribution is 7.89. The number of amides is 1. The van der Waals surface area contributed by atoms with Crippen LogP contribution in [0, 0.1) is 6.92 Å². The Morgan fingerprint density at radius 1 is 1.00 bits per heavy atom. The minimum atomic E-state index is -3.59. The number of sulfonamides is 1. The standard InChI is InChI=1S/C19H24N2O3S/c1-3-4-16-7-9-17(10-8-16)21-19(22)13-14-20-25(23,24)18-11-5-15(2)6-12-18/h5-12,20H,3-4,13-14H2,1-2H3,(H,21,22). The minimum Gasteiger partial charge on any atom is -0.326 e. The van der Waals surface area contributed by atoms with Gasteiger partial charge in [-0.25, -0.2) is 13.1 Å². The van der Waals surface area contributed by atoms with E-state index in [1.165, 1.54) is 5.56 Å². The first-order valence-electron chi connectivity index (χ1n) is 8.36. The van der Waals surface area contributed by atoms with Crippen molar-refractivity contribution in [3.05, 3.63) is 59.7 Å². The second kappa shape index (κ2) is 8.78. The molecule has 2 aromatic carbocycles. The van der Waals surface area contributed by atoms with Crippen LogP contribution in [0.2, 0.25) is 0 Å². The maximum atomic E-state index is 12.1. The van der Waals surface area contributed by atoms with Crippen molar-refractivity contribution >= 4 is 21.6 Å². The quantitative estimate of drug-likeness (QED) is 0.759. The lowest BCUT2D eigenvalue weighted by Crippen LogP contribution is -2.27. The minimum absolute atomic E-state index is 0.0515. The van der Waals surface area contributed by atoms with Crippen molar-refractivity contribution in [1.82, 2.24) is 4.72 Å². The van der Waals surface area contributed by atoms with Gasteiger partial charge in [0, 0.05) is 18.7 Å². The van der Waals surface area contributed by atoms with Crippen molar-refractivity contribution in [2.24, 2.45) is 0 Å². The summed E-state index contributed by atoms with van der Waals surface area (Å²) in [5, 5.41) is 2.77. The van der Waals surface area contributed by atoms with Gasteiger partial charge in [0.1, 0.15) is 0 Å². The molecule has 0 heterocycles. The zero-order valence-corrected chi connectivity index (χ0v) is 15.4. The third-order valence-electron chi connectivity index (χ3n) is 3.75. The number of carbonyl (C=O) groups excluding carboxylic acids is 1. The van der Waals surface area contributed by atoms with Crippen LogP contribution < -0.4 is 10.0 Å². The zero-order chi connectivity index (χ0) is 18.3. The highest BCUT2D eigenvalue weighted by atomic mass is 32.2. The van der Waals surface area contributed by atoms with Crippen LogP contribution in [0.5, 0.6) is 0 Å². The molecule has 0 saturated carbocycles. The Kier molecular flexibility index (Phi) is 6.73. The van der Waals surface area contributed by atoms with E-state index >= 15 is 0 Å². The summed E-state index contributed by atoms with van der Waals surface area (Å²) >= 11 is 0. The summed E-state index contributed by atoms with van der Waals surface area (Å²) in [6, 6.07) is 14.3. The Balaban J connectivity index is 1.82. The van der Waals surface area contributed by atoms with Crippen LogP contribution in [0.15, 0.2) is 53.4 Å². The van der Waals surface area contributed by atoms with Gasteiger partial charge in [0.15, 0.2) is 0 Å². The monoisotopic (exact) mass is 360 g/mol. The fourth-order valence-electron chi connectivity index (χ4n) is 2.37. The molecule has 0 atom stereocenters. The van der Waals surface area contributed by atoms with Gasteiger partial charge in [0.2, 0.25) is 15.9 Å². The predicted octanol–water partition coefficient (Wildman–Crippen LogP) is 3.25. The lowest BCUT2D eigenvalue weighted by atomic mass is 10.1. The highest BCUT2D eigenvalue weighted by Crippen LogP contribution is 2.12. The number of rotatable bonds is 8. The maximum Gasteiger partial charge on any atom is 0.240 e.